The monoisotopic (exact) mass is 517 g/mol. The lowest BCUT2D eigenvalue weighted by Crippen LogP contribution is -2.23. The predicted octanol–water partition coefficient (Wildman–Crippen LogP) is 4.85. The summed E-state index contributed by atoms with van der Waals surface area (Å²) in [6.45, 7) is 4.10. The molecular formula is C30H23N5O2S. The lowest BCUT2D eigenvalue weighted by molar-refractivity contribution is 0.254. The zero-order valence-corrected chi connectivity index (χ0v) is 21.6. The number of hydrogen-bond acceptors (Lipinski definition) is 6. The first-order chi connectivity index (χ1) is 18.5. The molecule has 1 unspecified atom stereocenters. The van der Waals surface area contributed by atoms with Gasteiger partial charge < -0.3 is 4.74 Å². The Hall–Kier alpha value is -4.56. The Labute approximate surface area is 222 Å². The van der Waals surface area contributed by atoms with Crippen LogP contribution in [0.5, 0.6) is 5.75 Å². The standard InChI is InChI=1S/C30H23N5O2S/c1-18-7-6-8-21(13-18)28-31-30-35(33-28)29(36)26(38-30)16-23-17-34(24-9-4-3-5-10-24)32-27(23)20-11-12-25-22(15-20)14-19(2)37-25/h3-13,15-17,19H,14H2,1-2H3. The summed E-state index contributed by atoms with van der Waals surface area (Å²) in [5.41, 5.74) is 6.57. The van der Waals surface area contributed by atoms with Gasteiger partial charge in [-0.1, -0.05) is 53.3 Å². The maximum Gasteiger partial charge on any atom is 0.291 e. The molecule has 0 aliphatic carbocycles. The van der Waals surface area contributed by atoms with Crippen LogP contribution in [0.4, 0.5) is 0 Å². The maximum atomic E-state index is 13.4. The van der Waals surface area contributed by atoms with Gasteiger partial charge in [0.05, 0.1) is 10.2 Å². The van der Waals surface area contributed by atoms with Crippen LogP contribution in [0, 0.1) is 6.92 Å². The molecule has 0 bridgehead atoms. The third kappa shape index (κ3) is 3.90. The fourth-order valence-corrected chi connectivity index (χ4v) is 5.78. The number of aryl methyl sites for hydroxylation is 1. The van der Waals surface area contributed by atoms with Gasteiger partial charge in [0.25, 0.3) is 5.56 Å². The van der Waals surface area contributed by atoms with Gasteiger partial charge in [0.15, 0.2) is 5.82 Å². The van der Waals surface area contributed by atoms with Gasteiger partial charge in [0, 0.05) is 29.3 Å². The number of fused-ring (bicyclic) bond motifs is 2. The molecule has 0 fully saturated rings. The van der Waals surface area contributed by atoms with Gasteiger partial charge in [-0.15, -0.1) is 5.10 Å². The van der Waals surface area contributed by atoms with Crippen molar-refractivity contribution < 1.29 is 4.74 Å². The van der Waals surface area contributed by atoms with E-state index in [1.165, 1.54) is 21.4 Å². The topological polar surface area (TPSA) is 74.3 Å². The highest BCUT2D eigenvalue weighted by molar-refractivity contribution is 7.15. The first kappa shape index (κ1) is 22.6. The van der Waals surface area contributed by atoms with Crippen molar-refractivity contribution in [2.75, 3.05) is 0 Å². The zero-order valence-electron chi connectivity index (χ0n) is 20.8. The molecular weight excluding hydrogens is 494 g/mol. The van der Waals surface area contributed by atoms with E-state index in [1.807, 2.05) is 90.6 Å². The quantitative estimate of drug-likeness (QED) is 0.334. The van der Waals surface area contributed by atoms with Crippen LogP contribution in [-0.2, 0) is 6.42 Å². The number of rotatable bonds is 4. The molecule has 1 aliphatic heterocycles. The highest BCUT2D eigenvalue weighted by Gasteiger charge is 2.21. The van der Waals surface area contributed by atoms with E-state index >= 15 is 0 Å². The van der Waals surface area contributed by atoms with Crippen molar-refractivity contribution >= 4 is 22.4 Å². The second-order valence-electron chi connectivity index (χ2n) is 9.58. The first-order valence-electron chi connectivity index (χ1n) is 12.5. The summed E-state index contributed by atoms with van der Waals surface area (Å²) in [4.78, 5) is 18.6. The number of benzene rings is 3. The predicted molar refractivity (Wildman–Crippen MR) is 149 cm³/mol. The van der Waals surface area contributed by atoms with E-state index in [4.69, 9.17) is 9.84 Å². The van der Waals surface area contributed by atoms with Crippen LogP contribution in [0.2, 0.25) is 0 Å². The van der Waals surface area contributed by atoms with E-state index in [1.54, 1.807) is 0 Å². The molecule has 0 N–H and O–H groups in total. The van der Waals surface area contributed by atoms with Crippen LogP contribution in [0.1, 0.15) is 23.6 Å². The van der Waals surface area contributed by atoms with Gasteiger partial charge in [-0.25, -0.2) is 4.68 Å². The lowest BCUT2D eigenvalue weighted by atomic mass is 10.0. The van der Waals surface area contributed by atoms with Gasteiger partial charge in [0.1, 0.15) is 17.5 Å². The number of para-hydroxylation sites is 1. The molecule has 0 amide bonds. The smallest absolute Gasteiger partial charge is 0.291 e. The average Bonchev–Trinajstić information content (AvgIpc) is 3.68. The number of ether oxygens (including phenoxy) is 1. The van der Waals surface area contributed by atoms with Crippen LogP contribution in [0.15, 0.2) is 83.8 Å². The Morgan fingerprint density at radius 1 is 1.00 bits per heavy atom. The third-order valence-corrected chi connectivity index (χ3v) is 7.64. The van der Waals surface area contributed by atoms with Gasteiger partial charge >= 0.3 is 0 Å². The summed E-state index contributed by atoms with van der Waals surface area (Å²) >= 11 is 1.33. The Morgan fingerprint density at radius 2 is 1.87 bits per heavy atom. The molecule has 1 aliphatic rings. The van der Waals surface area contributed by atoms with Crippen LogP contribution >= 0.6 is 11.3 Å². The largest absolute Gasteiger partial charge is 0.490 e. The molecule has 7 rings (SSSR count). The summed E-state index contributed by atoms with van der Waals surface area (Å²) < 4.78 is 9.70. The van der Waals surface area contributed by atoms with Gasteiger partial charge in [-0.05, 0) is 61.9 Å². The molecule has 0 radical (unpaired) electrons. The molecule has 0 saturated carbocycles. The number of nitrogens with zero attached hydrogens (tertiary/aromatic N) is 5. The SMILES string of the molecule is Cc1cccc(-c2nc3sc(=Cc4cn(-c5ccccc5)nc4-c4ccc5c(c4)CC(C)O5)c(=O)n3n2)c1. The van der Waals surface area contributed by atoms with Crippen LogP contribution in [-0.4, -0.2) is 30.5 Å². The molecule has 3 aromatic carbocycles. The van der Waals surface area contributed by atoms with E-state index in [0.29, 0.717) is 15.3 Å². The molecule has 7 nitrogen and oxygen atoms in total. The maximum absolute atomic E-state index is 13.4. The van der Waals surface area contributed by atoms with E-state index in [2.05, 4.69) is 23.1 Å². The summed E-state index contributed by atoms with van der Waals surface area (Å²) in [5, 5.41) is 9.45. The van der Waals surface area contributed by atoms with Gasteiger partial charge in [0.2, 0.25) is 4.96 Å². The Morgan fingerprint density at radius 3 is 2.68 bits per heavy atom. The fourth-order valence-electron chi connectivity index (χ4n) is 4.88. The minimum atomic E-state index is -0.189. The van der Waals surface area contributed by atoms with Crippen molar-refractivity contribution in [2.45, 2.75) is 26.4 Å². The fraction of sp³-hybridized carbons (Fsp3) is 0.133. The van der Waals surface area contributed by atoms with Crippen molar-refractivity contribution in [1.29, 1.82) is 0 Å². The lowest BCUT2D eigenvalue weighted by Gasteiger charge is -2.04. The van der Waals surface area contributed by atoms with Crippen molar-refractivity contribution in [3.05, 3.63) is 111 Å². The molecule has 8 heteroatoms. The molecule has 1 atom stereocenters. The van der Waals surface area contributed by atoms with Crippen molar-refractivity contribution in [2.24, 2.45) is 0 Å². The molecule has 186 valence electrons. The van der Waals surface area contributed by atoms with Crippen LogP contribution in [0.25, 0.3) is 39.4 Å². The van der Waals surface area contributed by atoms with E-state index in [0.717, 1.165) is 45.8 Å². The molecule has 6 aromatic rings. The average molecular weight is 518 g/mol. The second-order valence-corrected chi connectivity index (χ2v) is 10.6. The summed E-state index contributed by atoms with van der Waals surface area (Å²) in [6, 6.07) is 24.1. The molecule has 3 aromatic heterocycles. The minimum Gasteiger partial charge on any atom is -0.490 e. The van der Waals surface area contributed by atoms with E-state index in [9.17, 15) is 4.79 Å². The summed E-state index contributed by atoms with van der Waals surface area (Å²) in [5.74, 6) is 1.47. The first-order valence-corrected chi connectivity index (χ1v) is 13.3. The van der Waals surface area contributed by atoms with Crippen molar-refractivity contribution in [1.82, 2.24) is 24.4 Å². The van der Waals surface area contributed by atoms with Crippen molar-refractivity contribution in [3.63, 3.8) is 0 Å². The molecule has 38 heavy (non-hydrogen) atoms. The molecule has 0 spiro atoms. The highest BCUT2D eigenvalue weighted by atomic mass is 32.1. The molecule has 0 saturated heterocycles. The summed E-state index contributed by atoms with van der Waals surface area (Å²) in [7, 11) is 0. The summed E-state index contributed by atoms with van der Waals surface area (Å²) in [6.07, 6.45) is 4.88. The van der Waals surface area contributed by atoms with Gasteiger partial charge in [-0.3, -0.25) is 4.79 Å². The number of thiazole rings is 1. The van der Waals surface area contributed by atoms with E-state index in [-0.39, 0.29) is 11.7 Å². The second kappa shape index (κ2) is 8.78. The van der Waals surface area contributed by atoms with Crippen LogP contribution in [0.3, 0.4) is 0 Å². The number of hydrogen-bond donors (Lipinski definition) is 0. The normalized spacial score (nSPS) is 15.2. The highest BCUT2D eigenvalue weighted by Crippen LogP contribution is 2.34. The Balaban J connectivity index is 1.36. The van der Waals surface area contributed by atoms with Crippen LogP contribution < -0.4 is 14.8 Å². The third-order valence-electron chi connectivity index (χ3n) is 6.68. The van der Waals surface area contributed by atoms with E-state index < -0.39 is 0 Å². The zero-order chi connectivity index (χ0) is 25.8. The minimum absolute atomic E-state index is 0.163. The van der Waals surface area contributed by atoms with Gasteiger partial charge in [-0.2, -0.15) is 14.6 Å². The number of aromatic nitrogens is 5. The Bertz CT molecular complexity index is 1940. The Kier molecular flexibility index (Phi) is 5.23. The molecule has 4 heterocycles. The van der Waals surface area contributed by atoms with Crippen molar-refractivity contribution in [3.8, 4) is 34.1 Å².